The molecule has 1 aliphatic heterocycles. The standard InChI is InChI=1S/C27H37NO7/c1-26(2,3)35-21(30)14-18(12-13-20(29)34-16-17-10-8-7-9-11-17)24(31)28-15-19-22(27(19,4)5)23(28)25(32)33-6/h7-11,18-19,22-23H,12-16H2,1-6H3/t18-,19?,22+,23+/m1/s1. The van der Waals surface area contributed by atoms with Gasteiger partial charge in [0.25, 0.3) is 0 Å². The van der Waals surface area contributed by atoms with Gasteiger partial charge < -0.3 is 19.1 Å². The Labute approximate surface area is 207 Å². The molecule has 2 aliphatic rings. The Morgan fingerprint density at radius 2 is 1.74 bits per heavy atom. The van der Waals surface area contributed by atoms with Gasteiger partial charge in [0.2, 0.25) is 5.91 Å². The summed E-state index contributed by atoms with van der Waals surface area (Å²) in [5.41, 5.74) is 0.118. The third kappa shape index (κ3) is 6.41. The molecular weight excluding hydrogens is 450 g/mol. The number of rotatable bonds is 9. The number of esters is 3. The molecule has 4 atom stereocenters. The van der Waals surface area contributed by atoms with Gasteiger partial charge in [0, 0.05) is 24.8 Å². The molecule has 0 N–H and O–H groups in total. The number of ether oxygens (including phenoxy) is 3. The predicted octanol–water partition coefficient (Wildman–Crippen LogP) is 3.51. The summed E-state index contributed by atoms with van der Waals surface area (Å²) in [6.45, 7) is 10.0. The van der Waals surface area contributed by atoms with Crippen LogP contribution in [0.15, 0.2) is 30.3 Å². The highest BCUT2D eigenvalue weighted by atomic mass is 16.6. The molecule has 1 aromatic rings. The van der Waals surface area contributed by atoms with E-state index in [0.29, 0.717) is 6.54 Å². The first-order chi connectivity index (χ1) is 16.3. The smallest absolute Gasteiger partial charge is 0.328 e. The SMILES string of the molecule is COC(=O)[C@@H]1[C@@H]2C(CN1C(=O)[C@H](CCC(=O)OCc1ccccc1)CC(=O)OC(C)(C)C)C2(C)C. The van der Waals surface area contributed by atoms with Crippen LogP contribution in [0.2, 0.25) is 0 Å². The molecule has 0 aromatic heterocycles. The first kappa shape index (κ1) is 26.7. The predicted molar refractivity (Wildman–Crippen MR) is 128 cm³/mol. The fourth-order valence-electron chi connectivity index (χ4n) is 5.14. The molecule has 1 heterocycles. The highest BCUT2D eigenvalue weighted by molar-refractivity contribution is 5.90. The number of benzene rings is 1. The Morgan fingerprint density at radius 1 is 1.09 bits per heavy atom. The van der Waals surface area contributed by atoms with E-state index in [2.05, 4.69) is 13.8 Å². The van der Waals surface area contributed by atoms with Crippen molar-refractivity contribution in [3.05, 3.63) is 35.9 Å². The zero-order valence-corrected chi connectivity index (χ0v) is 21.5. The van der Waals surface area contributed by atoms with Crippen molar-refractivity contribution in [2.75, 3.05) is 13.7 Å². The molecule has 1 unspecified atom stereocenters. The van der Waals surface area contributed by atoms with Crippen molar-refractivity contribution in [3.63, 3.8) is 0 Å². The highest BCUT2D eigenvalue weighted by Gasteiger charge is 2.70. The topological polar surface area (TPSA) is 99.2 Å². The second-order valence-electron chi connectivity index (χ2n) is 11.1. The number of hydrogen-bond donors (Lipinski definition) is 0. The molecule has 0 radical (unpaired) electrons. The van der Waals surface area contributed by atoms with Gasteiger partial charge in [-0.1, -0.05) is 44.2 Å². The number of likely N-dealkylation sites (tertiary alicyclic amines) is 1. The normalized spacial score (nSPS) is 23.1. The third-order valence-electron chi connectivity index (χ3n) is 7.06. The van der Waals surface area contributed by atoms with Crippen molar-refractivity contribution >= 4 is 23.8 Å². The van der Waals surface area contributed by atoms with E-state index in [1.165, 1.54) is 12.0 Å². The van der Waals surface area contributed by atoms with Gasteiger partial charge in [-0.3, -0.25) is 14.4 Å². The maximum Gasteiger partial charge on any atom is 0.328 e. The molecule has 8 nitrogen and oxygen atoms in total. The number of amides is 1. The summed E-state index contributed by atoms with van der Waals surface area (Å²) in [4.78, 5) is 52.7. The second-order valence-corrected chi connectivity index (χ2v) is 11.1. The van der Waals surface area contributed by atoms with Crippen LogP contribution in [0.1, 0.15) is 59.4 Å². The maximum atomic E-state index is 13.6. The first-order valence-corrected chi connectivity index (χ1v) is 12.1. The highest BCUT2D eigenvalue weighted by Crippen LogP contribution is 2.65. The van der Waals surface area contributed by atoms with Crippen LogP contribution < -0.4 is 0 Å². The van der Waals surface area contributed by atoms with Crippen LogP contribution in [0.25, 0.3) is 0 Å². The van der Waals surface area contributed by atoms with Crippen molar-refractivity contribution in [2.24, 2.45) is 23.2 Å². The summed E-state index contributed by atoms with van der Waals surface area (Å²) in [5.74, 6) is -2.33. The molecule has 1 saturated carbocycles. The minimum absolute atomic E-state index is 0.0249. The monoisotopic (exact) mass is 487 g/mol. The van der Waals surface area contributed by atoms with Crippen LogP contribution in [0.4, 0.5) is 0 Å². The summed E-state index contributed by atoms with van der Waals surface area (Å²) < 4.78 is 15.8. The van der Waals surface area contributed by atoms with Gasteiger partial charge in [-0.2, -0.15) is 0 Å². The Bertz CT molecular complexity index is 950. The summed E-state index contributed by atoms with van der Waals surface area (Å²) in [7, 11) is 1.31. The molecule has 1 saturated heterocycles. The number of carbonyl (C=O) groups excluding carboxylic acids is 4. The van der Waals surface area contributed by atoms with Crippen LogP contribution in [0.3, 0.4) is 0 Å². The lowest BCUT2D eigenvalue weighted by Gasteiger charge is -2.32. The van der Waals surface area contributed by atoms with E-state index < -0.39 is 35.5 Å². The first-order valence-electron chi connectivity index (χ1n) is 12.1. The lowest BCUT2D eigenvalue weighted by molar-refractivity contribution is -0.161. The Morgan fingerprint density at radius 3 is 2.34 bits per heavy atom. The van der Waals surface area contributed by atoms with Gasteiger partial charge >= 0.3 is 17.9 Å². The minimum atomic E-state index is -0.804. The van der Waals surface area contributed by atoms with Gasteiger partial charge in [-0.15, -0.1) is 0 Å². The molecule has 35 heavy (non-hydrogen) atoms. The average molecular weight is 488 g/mol. The molecule has 1 amide bonds. The molecule has 0 spiro atoms. The van der Waals surface area contributed by atoms with Crippen LogP contribution in [0, 0.1) is 23.2 Å². The number of hydrogen-bond acceptors (Lipinski definition) is 7. The van der Waals surface area contributed by atoms with Crippen LogP contribution in [0.5, 0.6) is 0 Å². The molecule has 1 aromatic carbocycles. The van der Waals surface area contributed by atoms with E-state index >= 15 is 0 Å². The van der Waals surface area contributed by atoms with Crippen molar-refractivity contribution in [1.29, 1.82) is 0 Å². The molecule has 0 bridgehead atoms. The van der Waals surface area contributed by atoms with Crippen molar-refractivity contribution < 1.29 is 33.4 Å². The molecule has 2 fully saturated rings. The van der Waals surface area contributed by atoms with Crippen molar-refractivity contribution in [1.82, 2.24) is 4.90 Å². The summed E-state index contributed by atoms with van der Waals surface area (Å²) in [5, 5.41) is 0. The second kappa shape index (κ2) is 10.4. The molecule has 3 rings (SSSR count). The van der Waals surface area contributed by atoms with Gasteiger partial charge in [0.05, 0.1) is 13.5 Å². The fourth-order valence-corrected chi connectivity index (χ4v) is 5.14. The summed E-state index contributed by atoms with van der Waals surface area (Å²) >= 11 is 0. The van der Waals surface area contributed by atoms with Gasteiger partial charge in [-0.25, -0.2) is 4.79 Å². The Hall–Kier alpha value is -2.90. The van der Waals surface area contributed by atoms with E-state index in [-0.39, 0.29) is 49.0 Å². The quantitative estimate of drug-likeness (QED) is 0.388. The molecular formula is C27H37NO7. The van der Waals surface area contributed by atoms with Gasteiger partial charge in [0.15, 0.2) is 0 Å². The largest absolute Gasteiger partial charge is 0.467 e. The Balaban J connectivity index is 1.68. The molecule has 1 aliphatic carbocycles. The molecule has 192 valence electrons. The Kier molecular flexibility index (Phi) is 7.92. The number of nitrogens with zero attached hydrogens (tertiary/aromatic N) is 1. The lowest BCUT2D eigenvalue weighted by Crippen LogP contribution is -2.48. The fraction of sp³-hybridized carbons (Fsp3) is 0.630. The summed E-state index contributed by atoms with van der Waals surface area (Å²) in [6.07, 6.45) is -0.0822. The van der Waals surface area contributed by atoms with Crippen LogP contribution in [-0.4, -0.2) is 54.0 Å². The van der Waals surface area contributed by atoms with E-state index in [1.54, 1.807) is 20.8 Å². The number of piperidine rings is 1. The lowest BCUT2D eigenvalue weighted by atomic mass is 9.94. The number of fused-ring (bicyclic) bond motifs is 1. The van der Waals surface area contributed by atoms with E-state index in [4.69, 9.17) is 14.2 Å². The maximum absolute atomic E-state index is 13.6. The third-order valence-corrected chi connectivity index (χ3v) is 7.06. The zero-order chi connectivity index (χ0) is 26.0. The van der Waals surface area contributed by atoms with E-state index in [9.17, 15) is 19.2 Å². The number of carbonyl (C=O) groups is 4. The summed E-state index contributed by atoms with van der Waals surface area (Å²) in [6, 6.07) is 8.63. The zero-order valence-electron chi connectivity index (χ0n) is 21.5. The minimum Gasteiger partial charge on any atom is -0.467 e. The van der Waals surface area contributed by atoms with Crippen LogP contribution in [-0.2, 0) is 40.0 Å². The molecule has 8 heteroatoms. The average Bonchev–Trinajstić information content (AvgIpc) is 3.11. The van der Waals surface area contributed by atoms with E-state index in [0.717, 1.165) is 5.56 Å². The van der Waals surface area contributed by atoms with E-state index in [1.807, 2.05) is 30.3 Å². The van der Waals surface area contributed by atoms with Gasteiger partial charge in [0.1, 0.15) is 18.2 Å². The number of methoxy groups -OCH3 is 1. The van der Waals surface area contributed by atoms with Gasteiger partial charge in [-0.05, 0) is 44.1 Å². The van der Waals surface area contributed by atoms with Crippen molar-refractivity contribution in [3.8, 4) is 0 Å². The van der Waals surface area contributed by atoms with Crippen LogP contribution >= 0.6 is 0 Å². The van der Waals surface area contributed by atoms with Crippen molar-refractivity contribution in [2.45, 2.75) is 72.1 Å².